The van der Waals surface area contributed by atoms with Crippen molar-refractivity contribution < 1.29 is 0 Å². The summed E-state index contributed by atoms with van der Waals surface area (Å²) in [6.45, 7) is 3.60. The van der Waals surface area contributed by atoms with Gasteiger partial charge in [-0.2, -0.15) is 0 Å². The third kappa shape index (κ3) is 1.08. The topological polar surface area (TPSA) is 12.0 Å². The Labute approximate surface area is 62.6 Å². The fourth-order valence-corrected chi connectivity index (χ4v) is 1.81. The van der Waals surface area contributed by atoms with Gasteiger partial charge in [0.25, 0.3) is 0 Å². The Balaban J connectivity index is 0.000000405. The molecule has 1 saturated carbocycles. The van der Waals surface area contributed by atoms with Crippen LogP contribution in [-0.4, -0.2) is 12.1 Å². The molecule has 2 heteroatoms. The number of hydrogen-bond donors (Lipinski definition) is 1. The summed E-state index contributed by atoms with van der Waals surface area (Å²) in [4.78, 5) is 0. The molecule has 1 saturated heterocycles. The summed E-state index contributed by atoms with van der Waals surface area (Å²) in [6, 6.07) is 0. The third-order valence-electron chi connectivity index (χ3n) is 2.67. The number of nitrogens with one attached hydrogen (secondary N) is 1. The summed E-state index contributed by atoms with van der Waals surface area (Å²) in [7, 11) is 0. The lowest BCUT2D eigenvalue weighted by Crippen LogP contribution is -2.34. The molecule has 1 aliphatic carbocycles. The van der Waals surface area contributed by atoms with Crippen LogP contribution in [0.3, 0.4) is 0 Å². The summed E-state index contributed by atoms with van der Waals surface area (Å²) < 4.78 is 0. The molecule has 1 aliphatic heterocycles. The van der Waals surface area contributed by atoms with Crippen molar-refractivity contribution in [3.63, 3.8) is 0 Å². The average Bonchev–Trinajstić information content (AvgIpc) is 2.39. The summed E-state index contributed by atoms with van der Waals surface area (Å²) >= 11 is 0. The van der Waals surface area contributed by atoms with Crippen LogP contribution >= 0.6 is 12.4 Å². The van der Waals surface area contributed by atoms with Crippen LogP contribution in [0.2, 0.25) is 0 Å². The molecule has 0 aromatic heterocycles. The molecule has 0 spiro atoms. The van der Waals surface area contributed by atoms with Gasteiger partial charge in [-0.05, 0) is 38.6 Å². The van der Waals surface area contributed by atoms with Gasteiger partial charge in [0.2, 0.25) is 0 Å². The Morgan fingerprint density at radius 3 is 2.78 bits per heavy atom. The van der Waals surface area contributed by atoms with E-state index in [-0.39, 0.29) is 12.4 Å². The molecule has 54 valence electrons. The van der Waals surface area contributed by atoms with Crippen molar-refractivity contribution in [2.24, 2.45) is 5.92 Å². The Morgan fingerprint density at radius 1 is 1.56 bits per heavy atom. The normalized spacial score (nSPS) is 47.0. The molecule has 0 radical (unpaired) electrons. The minimum Gasteiger partial charge on any atom is -0.311 e. The first-order chi connectivity index (χ1) is 3.81. The molecule has 2 unspecified atom stereocenters. The van der Waals surface area contributed by atoms with E-state index in [0.29, 0.717) is 5.54 Å². The fraction of sp³-hybridized carbons (Fsp3) is 1.00. The highest BCUT2D eigenvalue weighted by Crippen LogP contribution is 2.48. The van der Waals surface area contributed by atoms with E-state index in [1.807, 2.05) is 0 Å². The predicted octanol–water partition coefficient (Wildman–Crippen LogP) is 1.57. The zero-order valence-electron chi connectivity index (χ0n) is 5.81. The summed E-state index contributed by atoms with van der Waals surface area (Å²) in [5.74, 6) is 1.04. The second-order valence-corrected chi connectivity index (χ2v) is 3.39. The van der Waals surface area contributed by atoms with E-state index < -0.39 is 0 Å². The lowest BCUT2D eigenvalue weighted by Gasteiger charge is -2.18. The van der Waals surface area contributed by atoms with Gasteiger partial charge in [-0.25, -0.2) is 0 Å². The van der Waals surface area contributed by atoms with Crippen molar-refractivity contribution in [3.05, 3.63) is 0 Å². The van der Waals surface area contributed by atoms with Gasteiger partial charge in [-0.1, -0.05) is 0 Å². The second-order valence-electron chi connectivity index (χ2n) is 3.39. The monoisotopic (exact) mass is 147 g/mol. The van der Waals surface area contributed by atoms with Crippen molar-refractivity contribution in [2.75, 3.05) is 6.54 Å². The Hall–Kier alpha value is 0.250. The minimum absolute atomic E-state index is 0. The van der Waals surface area contributed by atoms with Crippen molar-refractivity contribution >= 4 is 12.4 Å². The highest BCUT2D eigenvalue weighted by molar-refractivity contribution is 5.85. The highest BCUT2D eigenvalue weighted by Gasteiger charge is 2.50. The maximum Gasteiger partial charge on any atom is 0.0185 e. The molecule has 1 nitrogen and oxygen atoms in total. The zero-order valence-corrected chi connectivity index (χ0v) is 6.63. The summed E-state index contributed by atoms with van der Waals surface area (Å²) in [5, 5.41) is 3.53. The fourth-order valence-electron chi connectivity index (χ4n) is 1.81. The average molecular weight is 148 g/mol. The van der Waals surface area contributed by atoms with Crippen LogP contribution in [0.15, 0.2) is 0 Å². The number of hydrogen-bond acceptors (Lipinski definition) is 1. The van der Waals surface area contributed by atoms with Crippen molar-refractivity contribution in [1.29, 1.82) is 0 Å². The molecule has 0 aromatic rings. The molecule has 2 rings (SSSR count). The molecule has 9 heavy (non-hydrogen) atoms. The molecule has 2 aliphatic rings. The standard InChI is InChI=1S/C7H13N.ClH/c1-7-5-6(7)3-2-4-8-7;/h6,8H,2-5H2,1H3;1H. The third-order valence-corrected chi connectivity index (χ3v) is 2.67. The van der Waals surface area contributed by atoms with Gasteiger partial charge < -0.3 is 5.32 Å². The van der Waals surface area contributed by atoms with Crippen LogP contribution in [0, 0.1) is 5.92 Å². The number of piperidine rings is 1. The molecule has 2 fully saturated rings. The first-order valence-corrected chi connectivity index (χ1v) is 3.56. The largest absolute Gasteiger partial charge is 0.311 e. The van der Waals surface area contributed by atoms with Gasteiger partial charge in [0.05, 0.1) is 0 Å². The first kappa shape index (κ1) is 7.36. The van der Waals surface area contributed by atoms with E-state index >= 15 is 0 Å². The van der Waals surface area contributed by atoms with Gasteiger partial charge in [-0.15, -0.1) is 12.4 Å². The molecule has 0 amide bonds. The minimum atomic E-state index is 0. The Bertz CT molecular complexity index is 113. The van der Waals surface area contributed by atoms with Gasteiger partial charge in [-0.3, -0.25) is 0 Å². The van der Waals surface area contributed by atoms with E-state index in [4.69, 9.17) is 0 Å². The second kappa shape index (κ2) is 2.14. The molecule has 1 heterocycles. The SMILES string of the molecule is CC12CC1CCCN2.Cl. The Kier molecular flexibility index (Phi) is 1.75. The van der Waals surface area contributed by atoms with E-state index in [9.17, 15) is 0 Å². The van der Waals surface area contributed by atoms with E-state index in [0.717, 1.165) is 5.92 Å². The molecular weight excluding hydrogens is 134 g/mol. The molecule has 1 N–H and O–H groups in total. The van der Waals surface area contributed by atoms with Crippen LogP contribution in [0.1, 0.15) is 26.2 Å². The number of fused-ring (bicyclic) bond motifs is 1. The van der Waals surface area contributed by atoms with Crippen molar-refractivity contribution in [2.45, 2.75) is 31.7 Å². The molecular formula is C7H14ClN. The van der Waals surface area contributed by atoms with Crippen molar-refractivity contribution in [1.82, 2.24) is 5.32 Å². The van der Waals surface area contributed by atoms with Gasteiger partial charge >= 0.3 is 0 Å². The van der Waals surface area contributed by atoms with Gasteiger partial charge in [0.1, 0.15) is 0 Å². The predicted molar refractivity (Wildman–Crippen MR) is 41.0 cm³/mol. The van der Waals surface area contributed by atoms with Crippen LogP contribution in [-0.2, 0) is 0 Å². The number of rotatable bonds is 0. The first-order valence-electron chi connectivity index (χ1n) is 3.56. The van der Waals surface area contributed by atoms with Gasteiger partial charge in [0.15, 0.2) is 0 Å². The van der Waals surface area contributed by atoms with Crippen molar-refractivity contribution in [3.8, 4) is 0 Å². The maximum atomic E-state index is 3.53. The smallest absolute Gasteiger partial charge is 0.0185 e. The van der Waals surface area contributed by atoms with E-state index in [2.05, 4.69) is 12.2 Å². The highest BCUT2D eigenvalue weighted by atomic mass is 35.5. The maximum absolute atomic E-state index is 3.53. The molecule has 0 aromatic carbocycles. The van der Waals surface area contributed by atoms with Gasteiger partial charge in [0, 0.05) is 5.54 Å². The zero-order chi connectivity index (χ0) is 5.61. The van der Waals surface area contributed by atoms with Crippen LogP contribution in [0.25, 0.3) is 0 Å². The summed E-state index contributed by atoms with van der Waals surface area (Å²) in [5.41, 5.74) is 0.595. The molecule has 0 bridgehead atoms. The summed E-state index contributed by atoms with van der Waals surface area (Å²) in [6.07, 6.45) is 4.32. The van der Waals surface area contributed by atoms with E-state index in [1.54, 1.807) is 0 Å². The quantitative estimate of drug-likeness (QED) is 0.549. The molecule has 2 atom stereocenters. The van der Waals surface area contributed by atoms with E-state index in [1.165, 1.54) is 25.8 Å². The Morgan fingerprint density at radius 2 is 2.33 bits per heavy atom. The lowest BCUT2D eigenvalue weighted by atomic mass is 10.1. The van der Waals surface area contributed by atoms with Crippen LogP contribution in [0.4, 0.5) is 0 Å². The number of halogens is 1. The van der Waals surface area contributed by atoms with Crippen LogP contribution in [0.5, 0.6) is 0 Å². The lowest BCUT2D eigenvalue weighted by molar-refractivity contribution is 0.410. The van der Waals surface area contributed by atoms with Crippen LogP contribution < -0.4 is 5.32 Å².